The molecule has 0 spiro atoms. The highest BCUT2D eigenvalue weighted by molar-refractivity contribution is 5.78. The van der Waals surface area contributed by atoms with Crippen LogP contribution in [0.3, 0.4) is 0 Å². The molecule has 1 aliphatic rings. The molecule has 1 amide bonds. The number of aryl methyl sites for hydroxylation is 1. The van der Waals surface area contributed by atoms with E-state index in [2.05, 4.69) is 41.8 Å². The van der Waals surface area contributed by atoms with Gasteiger partial charge in [0.1, 0.15) is 0 Å². The number of rotatable bonds is 4. The van der Waals surface area contributed by atoms with Crippen molar-refractivity contribution in [3.63, 3.8) is 0 Å². The lowest BCUT2D eigenvalue weighted by Crippen LogP contribution is -2.48. The zero-order valence-electron chi connectivity index (χ0n) is 11.3. The molecule has 0 aromatic heterocycles. The largest absolute Gasteiger partial charge is 0.356 e. The topological polar surface area (TPSA) is 41.1 Å². The molecular weight excluding hydrogens is 224 g/mol. The van der Waals surface area contributed by atoms with Gasteiger partial charge in [-0.15, -0.1) is 0 Å². The fraction of sp³-hybridized carbons (Fsp3) is 0.533. The zero-order chi connectivity index (χ0) is 13.0. The Kier molecular flexibility index (Phi) is 4.02. The fourth-order valence-corrected chi connectivity index (χ4v) is 2.83. The van der Waals surface area contributed by atoms with Crippen molar-refractivity contribution in [2.24, 2.45) is 0 Å². The Morgan fingerprint density at radius 3 is 2.61 bits per heavy atom. The number of benzene rings is 1. The molecule has 18 heavy (non-hydrogen) atoms. The number of amides is 1. The van der Waals surface area contributed by atoms with Gasteiger partial charge in [0.25, 0.3) is 0 Å². The van der Waals surface area contributed by atoms with Crippen molar-refractivity contribution in [1.29, 1.82) is 0 Å². The molecule has 1 aromatic rings. The first-order chi connectivity index (χ1) is 8.70. The van der Waals surface area contributed by atoms with Gasteiger partial charge in [-0.3, -0.25) is 4.79 Å². The Morgan fingerprint density at radius 2 is 2.06 bits per heavy atom. The van der Waals surface area contributed by atoms with E-state index >= 15 is 0 Å². The van der Waals surface area contributed by atoms with Crippen molar-refractivity contribution in [2.75, 3.05) is 20.1 Å². The first kappa shape index (κ1) is 13.1. The van der Waals surface area contributed by atoms with Crippen LogP contribution in [-0.4, -0.2) is 26.0 Å². The molecule has 1 atom stereocenters. The van der Waals surface area contributed by atoms with Crippen molar-refractivity contribution in [2.45, 2.75) is 31.6 Å². The SMILES string of the molecule is CCc1ccc(C2(CNC)CCNC(=O)C2)cc1. The number of likely N-dealkylation sites (N-methyl/N-ethyl adjacent to an activating group) is 1. The first-order valence-corrected chi connectivity index (χ1v) is 6.71. The Labute approximate surface area is 109 Å². The molecule has 3 nitrogen and oxygen atoms in total. The molecule has 0 saturated carbocycles. The first-order valence-electron chi connectivity index (χ1n) is 6.71. The fourth-order valence-electron chi connectivity index (χ4n) is 2.83. The number of piperidine rings is 1. The Bertz CT molecular complexity index is 409. The molecule has 1 heterocycles. The van der Waals surface area contributed by atoms with E-state index in [-0.39, 0.29) is 11.3 Å². The molecule has 1 unspecified atom stereocenters. The van der Waals surface area contributed by atoms with E-state index in [0.717, 1.165) is 25.9 Å². The minimum Gasteiger partial charge on any atom is -0.356 e. The number of hydrogen-bond donors (Lipinski definition) is 2. The predicted molar refractivity (Wildman–Crippen MR) is 73.7 cm³/mol. The molecule has 0 bridgehead atoms. The van der Waals surface area contributed by atoms with Crippen LogP contribution in [0.25, 0.3) is 0 Å². The summed E-state index contributed by atoms with van der Waals surface area (Å²) in [6.07, 6.45) is 2.64. The van der Waals surface area contributed by atoms with Crippen LogP contribution < -0.4 is 10.6 Å². The summed E-state index contributed by atoms with van der Waals surface area (Å²) >= 11 is 0. The van der Waals surface area contributed by atoms with Crippen LogP contribution >= 0.6 is 0 Å². The van der Waals surface area contributed by atoms with Crippen molar-refractivity contribution in [3.8, 4) is 0 Å². The highest BCUT2D eigenvalue weighted by Gasteiger charge is 2.36. The highest BCUT2D eigenvalue weighted by Crippen LogP contribution is 2.33. The average Bonchev–Trinajstić information content (AvgIpc) is 2.39. The quantitative estimate of drug-likeness (QED) is 0.847. The minimum absolute atomic E-state index is 0.0383. The summed E-state index contributed by atoms with van der Waals surface area (Å²) in [4.78, 5) is 11.7. The molecule has 1 aliphatic heterocycles. The molecule has 1 aromatic carbocycles. The smallest absolute Gasteiger partial charge is 0.220 e. The monoisotopic (exact) mass is 246 g/mol. The Balaban J connectivity index is 2.30. The summed E-state index contributed by atoms with van der Waals surface area (Å²) in [6.45, 7) is 3.79. The minimum atomic E-state index is -0.0383. The molecule has 2 rings (SSSR count). The van der Waals surface area contributed by atoms with Gasteiger partial charge in [-0.05, 0) is 31.0 Å². The normalized spacial score (nSPS) is 23.8. The van der Waals surface area contributed by atoms with Crippen LogP contribution in [0, 0.1) is 0 Å². The summed E-state index contributed by atoms with van der Waals surface area (Å²) in [6, 6.07) is 8.74. The number of carbonyl (C=O) groups excluding carboxylic acids is 1. The molecule has 0 aliphatic carbocycles. The molecule has 0 radical (unpaired) electrons. The molecule has 1 fully saturated rings. The van der Waals surface area contributed by atoms with Crippen LogP contribution in [0.1, 0.15) is 30.9 Å². The lowest BCUT2D eigenvalue weighted by atomic mass is 9.72. The van der Waals surface area contributed by atoms with Crippen LogP contribution in [0.4, 0.5) is 0 Å². The maximum absolute atomic E-state index is 11.7. The summed E-state index contributed by atoms with van der Waals surface area (Å²) < 4.78 is 0. The van der Waals surface area contributed by atoms with Gasteiger partial charge >= 0.3 is 0 Å². The lowest BCUT2D eigenvalue weighted by Gasteiger charge is -2.37. The predicted octanol–water partition coefficient (Wildman–Crippen LogP) is 1.62. The maximum atomic E-state index is 11.7. The Morgan fingerprint density at radius 1 is 1.33 bits per heavy atom. The Hall–Kier alpha value is -1.35. The number of hydrogen-bond acceptors (Lipinski definition) is 2. The molecule has 3 heteroatoms. The summed E-state index contributed by atoms with van der Waals surface area (Å²) in [5.74, 6) is 0.163. The van der Waals surface area contributed by atoms with Gasteiger partial charge in [-0.2, -0.15) is 0 Å². The van der Waals surface area contributed by atoms with Crippen LogP contribution in [0.5, 0.6) is 0 Å². The third-order valence-electron chi connectivity index (χ3n) is 3.91. The molecule has 1 saturated heterocycles. The van der Waals surface area contributed by atoms with Gasteiger partial charge in [0, 0.05) is 24.9 Å². The van der Waals surface area contributed by atoms with Crippen molar-refractivity contribution < 1.29 is 4.79 Å². The van der Waals surface area contributed by atoms with Gasteiger partial charge in [-0.25, -0.2) is 0 Å². The third-order valence-corrected chi connectivity index (χ3v) is 3.91. The third kappa shape index (κ3) is 2.56. The second-order valence-corrected chi connectivity index (χ2v) is 5.14. The van der Waals surface area contributed by atoms with E-state index in [1.807, 2.05) is 7.05 Å². The summed E-state index contributed by atoms with van der Waals surface area (Å²) in [5, 5.41) is 6.17. The van der Waals surface area contributed by atoms with E-state index in [9.17, 15) is 4.79 Å². The van der Waals surface area contributed by atoms with Crippen molar-refractivity contribution in [1.82, 2.24) is 10.6 Å². The summed E-state index contributed by atoms with van der Waals surface area (Å²) in [5.41, 5.74) is 2.59. The number of nitrogens with one attached hydrogen (secondary N) is 2. The van der Waals surface area contributed by atoms with E-state index < -0.39 is 0 Å². The standard InChI is InChI=1S/C15H22N2O/c1-3-12-4-6-13(7-5-12)15(11-16-2)8-9-17-14(18)10-15/h4-7,16H,3,8-11H2,1-2H3,(H,17,18). The average molecular weight is 246 g/mol. The van der Waals surface area contributed by atoms with E-state index in [0.29, 0.717) is 6.42 Å². The molecule has 98 valence electrons. The molecule has 2 N–H and O–H groups in total. The van der Waals surface area contributed by atoms with Gasteiger partial charge in [0.05, 0.1) is 0 Å². The van der Waals surface area contributed by atoms with Gasteiger partial charge in [-0.1, -0.05) is 31.2 Å². The van der Waals surface area contributed by atoms with Gasteiger partial charge < -0.3 is 10.6 Å². The van der Waals surface area contributed by atoms with Crippen molar-refractivity contribution in [3.05, 3.63) is 35.4 Å². The second kappa shape index (κ2) is 5.53. The molecular formula is C15H22N2O. The van der Waals surface area contributed by atoms with Crippen LogP contribution in [0.15, 0.2) is 24.3 Å². The highest BCUT2D eigenvalue weighted by atomic mass is 16.1. The van der Waals surface area contributed by atoms with Gasteiger partial charge in [0.2, 0.25) is 5.91 Å². The van der Waals surface area contributed by atoms with E-state index in [1.165, 1.54) is 11.1 Å². The maximum Gasteiger partial charge on any atom is 0.220 e. The zero-order valence-corrected chi connectivity index (χ0v) is 11.3. The number of carbonyl (C=O) groups is 1. The van der Waals surface area contributed by atoms with Gasteiger partial charge in [0.15, 0.2) is 0 Å². The van der Waals surface area contributed by atoms with E-state index in [4.69, 9.17) is 0 Å². The lowest BCUT2D eigenvalue weighted by molar-refractivity contribution is -0.124. The second-order valence-electron chi connectivity index (χ2n) is 5.14. The van der Waals surface area contributed by atoms with Crippen molar-refractivity contribution >= 4 is 5.91 Å². The van der Waals surface area contributed by atoms with Crippen LogP contribution in [-0.2, 0) is 16.6 Å². The van der Waals surface area contributed by atoms with E-state index in [1.54, 1.807) is 0 Å². The van der Waals surface area contributed by atoms with Crippen LogP contribution in [0.2, 0.25) is 0 Å². The summed E-state index contributed by atoms with van der Waals surface area (Å²) in [7, 11) is 1.95.